The summed E-state index contributed by atoms with van der Waals surface area (Å²) in [6.45, 7) is 0. The van der Waals surface area contributed by atoms with Crippen molar-refractivity contribution >= 4 is 50.6 Å². The van der Waals surface area contributed by atoms with E-state index in [1.807, 2.05) is 0 Å². The highest BCUT2D eigenvalue weighted by Crippen LogP contribution is 2.33. The molecule has 0 spiro atoms. The van der Waals surface area contributed by atoms with Gasteiger partial charge in [0.15, 0.2) is 0 Å². The molecule has 0 aliphatic rings. The topological polar surface area (TPSA) is 155 Å². The number of rotatable bonds is 5. The van der Waals surface area contributed by atoms with Crippen LogP contribution in [0.25, 0.3) is 21.5 Å². The summed E-state index contributed by atoms with van der Waals surface area (Å²) < 4.78 is 0. The minimum absolute atomic E-state index is 0.00215. The minimum atomic E-state index is -1.38. The smallest absolute Gasteiger partial charge is 0.336 e. The standard InChI is InChI=1S/C27H18N4O5/c28-23(29-14-7-3-1-4-8-14)22-19(27(35)36)13-18(26(34)30-15-9-5-2-6-10-15)20-16-11-12-17(21(20)22)25(33)31-24(16)32/h1-13H,(H2,28,29)(H,30,34)(H,35,36)(H,31,32,33). The Morgan fingerprint density at radius 1 is 0.806 bits per heavy atom. The second-order valence-electron chi connectivity index (χ2n) is 8.00. The highest BCUT2D eigenvalue weighted by atomic mass is 16.4. The van der Waals surface area contributed by atoms with E-state index < -0.39 is 23.0 Å². The second kappa shape index (κ2) is 8.80. The van der Waals surface area contributed by atoms with Crippen LogP contribution in [0.15, 0.2) is 93.4 Å². The lowest BCUT2D eigenvalue weighted by atomic mass is 9.90. The van der Waals surface area contributed by atoms with Gasteiger partial charge in [0, 0.05) is 38.4 Å². The van der Waals surface area contributed by atoms with Crippen molar-refractivity contribution in [2.45, 2.75) is 0 Å². The summed E-state index contributed by atoms with van der Waals surface area (Å²) in [5, 5.41) is 13.0. The van der Waals surface area contributed by atoms with Crippen molar-refractivity contribution < 1.29 is 14.7 Å². The van der Waals surface area contributed by atoms with Crippen LogP contribution in [0.1, 0.15) is 26.3 Å². The van der Waals surface area contributed by atoms with Crippen LogP contribution in [0.4, 0.5) is 11.4 Å². The van der Waals surface area contributed by atoms with Crippen LogP contribution in [-0.4, -0.2) is 27.8 Å². The number of carbonyl (C=O) groups is 2. The Morgan fingerprint density at radius 2 is 1.39 bits per heavy atom. The molecule has 0 aliphatic heterocycles. The molecule has 2 heterocycles. The number of fused-ring (bicyclic) bond motifs is 3. The van der Waals surface area contributed by atoms with E-state index in [9.17, 15) is 24.3 Å². The van der Waals surface area contributed by atoms with Gasteiger partial charge in [-0.1, -0.05) is 36.4 Å². The number of amidine groups is 1. The molecule has 1 amide bonds. The highest BCUT2D eigenvalue weighted by molar-refractivity contribution is 6.28. The maximum Gasteiger partial charge on any atom is 0.336 e. The number of aliphatic imine (C=N–C) groups is 1. The predicted octanol–water partition coefficient (Wildman–Crippen LogP) is 3.47. The van der Waals surface area contributed by atoms with E-state index in [-0.39, 0.29) is 44.1 Å². The number of aromatic nitrogens is 1. The Bertz CT molecular complexity index is 1800. The van der Waals surface area contributed by atoms with Crippen molar-refractivity contribution in [2.75, 3.05) is 5.32 Å². The molecule has 176 valence electrons. The molecule has 36 heavy (non-hydrogen) atoms. The normalized spacial score (nSPS) is 11.6. The third kappa shape index (κ3) is 3.84. The number of aromatic carboxylic acids is 1. The SMILES string of the molecule is NC(=Nc1ccccc1)c1c(C(=O)O)cc(C(=O)Nc2ccccc2)c2c3ccc(c(=O)[nH]c3=O)c12. The van der Waals surface area contributed by atoms with Crippen LogP contribution in [0.2, 0.25) is 0 Å². The number of para-hydroxylation sites is 2. The van der Waals surface area contributed by atoms with Gasteiger partial charge < -0.3 is 16.2 Å². The number of hydrogen-bond acceptors (Lipinski definition) is 5. The maximum absolute atomic E-state index is 13.4. The Balaban J connectivity index is 1.91. The van der Waals surface area contributed by atoms with E-state index in [1.165, 1.54) is 12.1 Å². The summed E-state index contributed by atoms with van der Waals surface area (Å²) in [5.74, 6) is -2.22. The molecule has 5 N–H and O–H groups in total. The molecule has 2 aromatic heterocycles. The molecule has 6 rings (SSSR count). The molecule has 0 saturated carbocycles. The lowest BCUT2D eigenvalue weighted by molar-refractivity contribution is 0.0697. The van der Waals surface area contributed by atoms with Crippen LogP contribution in [0.5, 0.6) is 0 Å². The Kier molecular flexibility index (Phi) is 5.50. The summed E-state index contributed by atoms with van der Waals surface area (Å²) >= 11 is 0. The fraction of sp³-hybridized carbons (Fsp3) is 0. The van der Waals surface area contributed by atoms with Gasteiger partial charge in [0.05, 0.1) is 11.3 Å². The first-order valence-electron chi connectivity index (χ1n) is 10.8. The molecule has 4 aromatic carbocycles. The summed E-state index contributed by atoms with van der Waals surface area (Å²) in [7, 11) is 0. The zero-order valence-electron chi connectivity index (χ0n) is 18.6. The zero-order valence-corrected chi connectivity index (χ0v) is 18.6. The predicted molar refractivity (Wildman–Crippen MR) is 138 cm³/mol. The summed E-state index contributed by atoms with van der Waals surface area (Å²) in [6, 6.07) is 21.2. The largest absolute Gasteiger partial charge is 0.478 e. The lowest BCUT2D eigenvalue weighted by Gasteiger charge is -2.15. The lowest BCUT2D eigenvalue weighted by Crippen LogP contribution is -2.21. The van der Waals surface area contributed by atoms with Crippen molar-refractivity contribution in [1.29, 1.82) is 0 Å². The number of nitrogens with one attached hydrogen (secondary N) is 2. The number of carboxylic acid groups (broad SMARTS) is 1. The van der Waals surface area contributed by atoms with E-state index in [4.69, 9.17) is 5.73 Å². The third-order valence-electron chi connectivity index (χ3n) is 5.77. The molecule has 0 aliphatic carbocycles. The number of carboxylic acids is 1. The first kappa shape index (κ1) is 22.5. The molecule has 0 fully saturated rings. The number of aromatic amines is 1. The fourth-order valence-corrected chi connectivity index (χ4v) is 4.21. The number of nitrogens with two attached hydrogens (primary N) is 1. The van der Waals surface area contributed by atoms with Crippen LogP contribution in [0.3, 0.4) is 0 Å². The Morgan fingerprint density at radius 3 is 2.00 bits per heavy atom. The van der Waals surface area contributed by atoms with Gasteiger partial charge in [-0.3, -0.25) is 19.4 Å². The average Bonchev–Trinajstić information content (AvgIpc) is 3.07. The van der Waals surface area contributed by atoms with Gasteiger partial charge in [-0.25, -0.2) is 9.79 Å². The number of H-pyrrole nitrogens is 1. The number of amides is 1. The number of carbonyl (C=O) groups excluding carboxylic acids is 1. The maximum atomic E-state index is 13.4. The van der Waals surface area contributed by atoms with Crippen molar-refractivity contribution in [3.63, 3.8) is 0 Å². The van der Waals surface area contributed by atoms with E-state index in [1.54, 1.807) is 60.7 Å². The summed E-state index contributed by atoms with van der Waals surface area (Å²) in [4.78, 5) is 58.1. The molecule has 0 saturated heterocycles. The van der Waals surface area contributed by atoms with E-state index in [2.05, 4.69) is 15.3 Å². The first-order chi connectivity index (χ1) is 17.3. The minimum Gasteiger partial charge on any atom is -0.478 e. The summed E-state index contributed by atoms with van der Waals surface area (Å²) in [5.41, 5.74) is 5.31. The van der Waals surface area contributed by atoms with Gasteiger partial charge in [0.2, 0.25) is 0 Å². The van der Waals surface area contributed by atoms with Gasteiger partial charge in [-0.15, -0.1) is 0 Å². The number of anilines is 1. The number of hydrogen-bond donors (Lipinski definition) is 4. The van der Waals surface area contributed by atoms with E-state index >= 15 is 0 Å². The zero-order chi connectivity index (χ0) is 25.4. The fourth-order valence-electron chi connectivity index (χ4n) is 4.21. The van der Waals surface area contributed by atoms with Crippen molar-refractivity contribution in [3.05, 3.63) is 116 Å². The second-order valence-corrected chi connectivity index (χ2v) is 8.00. The molecule has 0 unspecified atom stereocenters. The van der Waals surface area contributed by atoms with Crippen molar-refractivity contribution in [1.82, 2.24) is 4.98 Å². The molecule has 6 aromatic rings. The van der Waals surface area contributed by atoms with E-state index in [0.29, 0.717) is 11.4 Å². The molecule has 9 nitrogen and oxygen atoms in total. The molecular formula is C27H18N4O5. The van der Waals surface area contributed by atoms with Crippen LogP contribution in [0, 0.1) is 0 Å². The van der Waals surface area contributed by atoms with Crippen LogP contribution >= 0.6 is 0 Å². The Labute approximate surface area is 202 Å². The van der Waals surface area contributed by atoms with Crippen LogP contribution < -0.4 is 22.2 Å². The molecule has 0 atom stereocenters. The van der Waals surface area contributed by atoms with Crippen LogP contribution in [-0.2, 0) is 0 Å². The molecule has 9 heteroatoms. The monoisotopic (exact) mass is 478 g/mol. The third-order valence-corrected chi connectivity index (χ3v) is 5.77. The van der Waals surface area contributed by atoms with Gasteiger partial charge in [0.25, 0.3) is 17.0 Å². The van der Waals surface area contributed by atoms with Gasteiger partial charge in [0.1, 0.15) is 5.84 Å². The molecule has 0 radical (unpaired) electrons. The number of benzene rings is 4. The Hall–Kier alpha value is -5.31. The average molecular weight is 478 g/mol. The molecular weight excluding hydrogens is 460 g/mol. The number of nitrogens with zero attached hydrogens (tertiary/aromatic N) is 1. The van der Waals surface area contributed by atoms with Gasteiger partial charge in [-0.05, 0) is 42.5 Å². The van der Waals surface area contributed by atoms with Gasteiger partial charge in [-0.2, -0.15) is 0 Å². The first-order valence-corrected chi connectivity index (χ1v) is 10.8. The van der Waals surface area contributed by atoms with Gasteiger partial charge >= 0.3 is 5.97 Å². The van der Waals surface area contributed by atoms with Crippen molar-refractivity contribution in [2.24, 2.45) is 10.7 Å². The quantitative estimate of drug-likeness (QED) is 0.224. The highest BCUT2D eigenvalue weighted by Gasteiger charge is 2.26. The van der Waals surface area contributed by atoms with E-state index in [0.717, 1.165) is 6.07 Å². The van der Waals surface area contributed by atoms with Crippen molar-refractivity contribution in [3.8, 4) is 0 Å². The summed E-state index contributed by atoms with van der Waals surface area (Å²) in [6.07, 6.45) is 0. The molecule has 2 bridgehead atoms.